The van der Waals surface area contributed by atoms with Gasteiger partial charge >= 0.3 is 5.97 Å². The first kappa shape index (κ1) is 21.6. The number of aryl methyl sites for hydroxylation is 1. The molecule has 3 aromatic rings. The molecule has 0 aliphatic carbocycles. The molecule has 8 nitrogen and oxygen atoms in total. The lowest BCUT2D eigenvalue weighted by Gasteiger charge is -2.19. The molecule has 2 aliphatic rings. The van der Waals surface area contributed by atoms with Crippen LogP contribution in [0.2, 0.25) is 0 Å². The normalized spacial score (nSPS) is 16.4. The lowest BCUT2D eigenvalue weighted by molar-refractivity contribution is -0.114. The summed E-state index contributed by atoms with van der Waals surface area (Å²) >= 11 is 1.26. The van der Waals surface area contributed by atoms with Gasteiger partial charge < -0.3 is 9.15 Å². The van der Waals surface area contributed by atoms with Crippen LogP contribution in [0.15, 0.2) is 80.7 Å². The number of ether oxygens (including phenoxy) is 1. The summed E-state index contributed by atoms with van der Waals surface area (Å²) in [5.74, 6) is -0.0524. The van der Waals surface area contributed by atoms with Gasteiger partial charge in [-0.25, -0.2) is 4.79 Å². The fourth-order valence-corrected chi connectivity index (χ4v) is 4.51. The molecule has 1 amide bonds. The number of hydrogen-bond acceptors (Lipinski definition) is 7. The predicted octanol–water partition coefficient (Wildman–Crippen LogP) is 4.71. The van der Waals surface area contributed by atoms with E-state index in [1.54, 1.807) is 36.4 Å². The first-order chi connectivity index (χ1) is 16.4. The van der Waals surface area contributed by atoms with Crippen molar-refractivity contribution in [2.75, 3.05) is 7.11 Å². The molecule has 0 saturated heterocycles. The molecule has 3 heterocycles. The Bertz CT molecular complexity index is 1430. The molecule has 0 unspecified atom stereocenters. The zero-order valence-corrected chi connectivity index (χ0v) is 19.1. The van der Waals surface area contributed by atoms with Crippen LogP contribution in [0.3, 0.4) is 0 Å². The van der Waals surface area contributed by atoms with Crippen LogP contribution < -0.4 is 0 Å². The molecule has 0 spiro atoms. The number of hydrogen-bond donors (Lipinski definition) is 1. The standard InChI is InChI=1S/C25H18N4O4S/c1-14-5-3-4-6-18(14)23-28-29-21(26)19(22(30)27-25(29)34-23)13-17-11-12-20(33-17)15-7-9-16(10-8-15)24(31)32-2/h3-13,26H,1-2H3/b19-13-,26-21?. The number of carbonyl (C=O) groups is 2. The van der Waals surface area contributed by atoms with Gasteiger partial charge in [0.15, 0.2) is 5.84 Å². The Balaban J connectivity index is 1.41. The number of amidine groups is 2. The van der Waals surface area contributed by atoms with E-state index in [0.29, 0.717) is 27.3 Å². The minimum Gasteiger partial charge on any atom is -0.465 e. The number of nitrogens with one attached hydrogen (secondary N) is 1. The van der Waals surface area contributed by atoms with Crippen molar-refractivity contribution in [2.24, 2.45) is 10.1 Å². The number of benzene rings is 2. The molecule has 9 heteroatoms. The zero-order chi connectivity index (χ0) is 23.8. The van der Waals surface area contributed by atoms with E-state index in [4.69, 9.17) is 14.6 Å². The van der Waals surface area contributed by atoms with E-state index in [9.17, 15) is 9.59 Å². The third-order valence-electron chi connectivity index (χ3n) is 5.33. The lowest BCUT2D eigenvalue weighted by atomic mass is 10.1. The SMILES string of the molecule is COC(=O)c1ccc(-c2ccc(/C=C3/C(=N)N4N=C(c5ccccc5C)SC4=NC3=O)o2)cc1. The molecule has 34 heavy (non-hydrogen) atoms. The van der Waals surface area contributed by atoms with Crippen molar-refractivity contribution in [1.82, 2.24) is 5.01 Å². The molecular weight excluding hydrogens is 452 g/mol. The highest BCUT2D eigenvalue weighted by atomic mass is 32.2. The molecule has 0 fully saturated rings. The van der Waals surface area contributed by atoms with Crippen LogP contribution in [-0.4, -0.2) is 40.0 Å². The van der Waals surface area contributed by atoms with Crippen molar-refractivity contribution in [3.63, 3.8) is 0 Å². The fourth-order valence-electron chi connectivity index (χ4n) is 3.53. The Morgan fingerprint density at radius 1 is 1.12 bits per heavy atom. The molecule has 1 aromatic heterocycles. The van der Waals surface area contributed by atoms with Gasteiger partial charge in [-0.2, -0.15) is 15.1 Å². The second-order valence-corrected chi connectivity index (χ2v) is 8.47. The number of methoxy groups -OCH3 is 1. The van der Waals surface area contributed by atoms with Gasteiger partial charge in [0, 0.05) is 11.1 Å². The fraction of sp³-hybridized carbons (Fsp3) is 0.0800. The number of aliphatic imine (C=N–C) groups is 1. The molecular formula is C25H18N4O4S. The second-order valence-electron chi connectivity index (χ2n) is 7.51. The maximum absolute atomic E-state index is 12.7. The first-order valence-electron chi connectivity index (χ1n) is 10.3. The number of thioether (sulfide) groups is 1. The van der Waals surface area contributed by atoms with Crippen LogP contribution in [0.5, 0.6) is 0 Å². The summed E-state index contributed by atoms with van der Waals surface area (Å²) in [4.78, 5) is 28.4. The smallest absolute Gasteiger partial charge is 0.337 e. The number of amides is 1. The Morgan fingerprint density at radius 3 is 2.62 bits per heavy atom. The van der Waals surface area contributed by atoms with Crippen LogP contribution >= 0.6 is 11.8 Å². The first-order valence-corrected chi connectivity index (χ1v) is 11.1. The average Bonchev–Trinajstić information content (AvgIpc) is 3.49. The van der Waals surface area contributed by atoms with Crippen molar-refractivity contribution < 1.29 is 18.7 Å². The molecule has 0 saturated carbocycles. The molecule has 1 N–H and O–H groups in total. The maximum Gasteiger partial charge on any atom is 0.337 e. The molecule has 0 atom stereocenters. The van der Waals surface area contributed by atoms with Gasteiger partial charge in [-0.05, 0) is 54.6 Å². The highest BCUT2D eigenvalue weighted by Crippen LogP contribution is 2.32. The summed E-state index contributed by atoms with van der Waals surface area (Å²) in [6, 6.07) is 18.0. The van der Waals surface area contributed by atoms with E-state index >= 15 is 0 Å². The van der Waals surface area contributed by atoms with Gasteiger partial charge in [0.25, 0.3) is 5.91 Å². The van der Waals surface area contributed by atoms with E-state index in [-0.39, 0.29) is 11.4 Å². The average molecular weight is 471 g/mol. The Kier molecular flexibility index (Phi) is 5.46. The summed E-state index contributed by atoms with van der Waals surface area (Å²) in [7, 11) is 1.33. The Labute approximate surface area is 199 Å². The Morgan fingerprint density at radius 2 is 1.88 bits per heavy atom. The van der Waals surface area contributed by atoms with Gasteiger partial charge in [0.1, 0.15) is 16.6 Å². The lowest BCUT2D eigenvalue weighted by Crippen LogP contribution is -2.35. The Hall–Kier alpha value is -4.24. The number of nitrogens with zero attached hydrogens (tertiary/aromatic N) is 3. The predicted molar refractivity (Wildman–Crippen MR) is 131 cm³/mol. The van der Waals surface area contributed by atoms with E-state index in [0.717, 1.165) is 16.7 Å². The molecule has 0 radical (unpaired) electrons. The molecule has 168 valence electrons. The molecule has 2 aromatic carbocycles. The highest BCUT2D eigenvalue weighted by Gasteiger charge is 2.36. The molecule has 2 aliphatic heterocycles. The molecule has 5 rings (SSSR count). The summed E-state index contributed by atoms with van der Waals surface area (Å²) < 4.78 is 10.6. The monoisotopic (exact) mass is 470 g/mol. The van der Waals surface area contributed by atoms with Crippen molar-refractivity contribution >= 4 is 45.8 Å². The summed E-state index contributed by atoms with van der Waals surface area (Å²) in [6.07, 6.45) is 1.49. The van der Waals surface area contributed by atoms with Crippen molar-refractivity contribution in [3.05, 3.63) is 88.7 Å². The van der Waals surface area contributed by atoms with E-state index in [1.165, 1.54) is 30.0 Å². The quantitative estimate of drug-likeness (QED) is 0.437. The number of carbonyl (C=O) groups excluding carboxylic acids is 2. The van der Waals surface area contributed by atoms with Crippen LogP contribution in [0.4, 0.5) is 0 Å². The topological polar surface area (TPSA) is 108 Å². The van der Waals surface area contributed by atoms with Crippen LogP contribution in [-0.2, 0) is 9.53 Å². The van der Waals surface area contributed by atoms with E-state index < -0.39 is 11.9 Å². The van der Waals surface area contributed by atoms with Crippen molar-refractivity contribution in [2.45, 2.75) is 6.92 Å². The third-order valence-corrected chi connectivity index (χ3v) is 6.28. The van der Waals surface area contributed by atoms with Crippen molar-refractivity contribution in [3.8, 4) is 11.3 Å². The van der Waals surface area contributed by atoms with Gasteiger partial charge in [0.2, 0.25) is 5.17 Å². The van der Waals surface area contributed by atoms with E-state index in [1.807, 2.05) is 31.2 Å². The second kappa shape index (κ2) is 8.60. The number of hydrazone groups is 1. The number of rotatable bonds is 4. The number of furan rings is 1. The minimum absolute atomic E-state index is 0.0635. The number of fused-ring (bicyclic) bond motifs is 1. The van der Waals surface area contributed by atoms with Crippen LogP contribution in [0.25, 0.3) is 17.4 Å². The van der Waals surface area contributed by atoms with Gasteiger partial charge in [-0.15, -0.1) is 0 Å². The minimum atomic E-state index is -0.523. The summed E-state index contributed by atoms with van der Waals surface area (Å²) in [5, 5.41) is 15.5. The molecule has 0 bridgehead atoms. The van der Waals surface area contributed by atoms with Gasteiger partial charge in [0.05, 0.1) is 18.2 Å². The van der Waals surface area contributed by atoms with Crippen molar-refractivity contribution in [1.29, 1.82) is 5.41 Å². The van der Waals surface area contributed by atoms with Crippen LogP contribution in [0, 0.1) is 12.3 Å². The highest BCUT2D eigenvalue weighted by molar-refractivity contribution is 8.27. The van der Waals surface area contributed by atoms with Crippen LogP contribution in [0.1, 0.15) is 27.2 Å². The third kappa shape index (κ3) is 3.86. The summed E-state index contributed by atoms with van der Waals surface area (Å²) in [6.45, 7) is 1.98. The maximum atomic E-state index is 12.7. The van der Waals surface area contributed by atoms with Gasteiger partial charge in [-0.3, -0.25) is 10.2 Å². The van der Waals surface area contributed by atoms with Gasteiger partial charge in [-0.1, -0.05) is 36.4 Å². The van der Waals surface area contributed by atoms with E-state index in [2.05, 4.69) is 10.1 Å². The largest absolute Gasteiger partial charge is 0.465 e. The number of esters is 1. The summed E-state index contributed by atoms with van der Waals surface area (Å²) in [5.41, 5.74) is 3.26. The zero-order valence-electron chi connectivity index (χ0n) is 18.2.